The highest BCUT2D eigenvalue weighted by molar-refractivity contribution is 7.10. The van der Waals surface area contributed by atoms with E-state index in [2.05, 4.69) is 0 Å². The summed E-state index contributed by atoms with van der Waals surface area (Å²) in [6.45, 7) is 2.13. The molecule has 1 aliphatic heterocycles. The zero-order valence-corrected chi connectivity index (χ0v) is 18.6. The molecule has 1 aromatic heterocycles. The maximum atomic E-state index is 13.3. The van der Waals surface area contributed by atoms with Gasteiger partial charge in [-0.15, -0.1) is 11.3 Å². The van der Waals surface area contributed by atoms with Crippen LogP contribution in [0.5, 0.6) is 5.75 Å². The quantitative estimate of drug-likeness (QED) is 0.393. The fourth-order valence-electron chi connectivity index (χ4n) is 3.62. The van der Waals surface area contributed by atoms with Crippen molar-refractivity contribution >= 4 is 23.3 Å². The third kappa shape index (κ3) is 6.52. The molecule has 32 heavy (non-hydrogen) atoms. The maximum absolute atomic E-state index is 13.3. The molecular formula is C26H26FNO3S. The Morgan fingerprint density at radius 3 is 2.75 bits per heavy atom. The van der Waals surface area contributed by atoms with Crippen molar-refractivity contribution in [2.24, 2.45) is 0 Å². The lowest BCUT2D eigenvalue weighted by atomic mass is 10.1. The average Bonchev–Trinajstić information content (AvgIpc) is 3.51. The first-order chi connectivity index (χ1) is 15.7. The minimum Gasteiger partial charge on any atom is -0.489 e. The number of nitrogens with zero attached hydrogens (tertiary/aromatic N) is 1. The highest BCUT2D eigenvalue weighted by Gasteiger charge is 2.21. The number of rotatable bonds is 9. The number of thiophene rings is 1. The molecule has 0 aliphatic carbocycles. The van der Waals surface area contributed by atoms with Crippen LogP contribution in [-0.2, 0) is 22.7 Å². The van der Waals surface area contributed by atoms with Crippen LogP contribution in [0.3, 0.4) is 0 Å². The van der Waals surface area contributed by atoms with Gasteiger partial charge >= 0.3 is 0 Å². The van der Waals surface area contributed by atoms with E-state index in [-0.39, 0.29) is 17.8 Å². The summed E-state index contributed by atoms with van der Waals surface area (Å²) in [5.41, 5.74) is 1.79. The van der Waals surface area contributed by atoms with E-state index in [1.165, 1.54) is 12.1 Å². The molecule has 0 bridgehead atoms. The van der Waals surface area contributed by atoms with Crippen LogP contribution in [0.25, 0.3) is 6.08 Å². The number of hydrogen-bond acceptors (Lipinski definition) is 4. The topological polar surface area (TPSA) is 38.8 Å². The first-order valence-corrected chi connectivity index (χ1v) is 11.6. The molecule has 0 unspecified atom stereocenters. The predicted molar refractivity (Wildman–Crippen MR) is 125 cm³/mol. The van der Waals surface area contributed by atoms with Crippen molar-refractivity contribution in [1.82, 2.24) is 4.90 Å². The molecule has 6 heteroatoms. The lowest BCUT2D eigenvalue weighted by Gasteiger charge is -2.24. The third-order valence-corrected chi connectivity index (χ3v) is 6.12. The number of carbonyl (C=O) groups is 1. The van der Waals surface area contributed by atoms with E-state index in [9.17, 15) is 9.18 Å². The SMILES string of the molecule is O=C(/C=C/c1cccs1)N(Cc1ccc(OCc2cccc(F)c2)cc1)C[C@@H]1CCCO1. The maximum Gasteiger partial charge on any atom is 0.246 e. The molecule has 1 fully saturated rings. The van der Waals surface area contributed by atoms with Crippen LogP contribution in [0.4, 0.5) is 4.39 Å². The molecule has 2 heterocycles. The molecule has 4 nitrogen and oxygen atoms in total. The molecule has 0 N–H and O–H groups in total. The second-order valence-corrected chi connectivity index (χ2v) is 8.74. The van der Waals surface area contributed by atoms with Gasteiger partial charge in [0.2, 0.25) is 5.91 Å². The summed E-state index contributed by atoms with van der Waals surface area (Å²) in [5, 5.41) is 1.99. The summed E-state index contributed by atoms with van der Waals surface area (Å²) in [5.74, 6) is 0.401. The molecular weight excluding hydrogens is 425 g/mol. The Labute approximate surface area is 191 Å². The highest BCUT2D eigenvalue weighted by Crippen LogP contribution is 2.19. The Morgan fingerprint density at radius 2 is 2.03 bits per heavy atom. The van der Waals surface area contributed by atoms with Crippen LogP contribution in [0.2, 0.25) is 0 Å². The first-order valence-electron chi connectivity index (χ1n) is 10.7. The Hall–Kier alpha value is -2.96. The number of hydrogen-bond donors (Lipinski definition) is 0. The van der Waals surface area contributed by atoms with Crippen molar-refractivity contribution in [2.45, 2.75) is 32.1 Å². The fourth-order valence-corrected chi connectivity index (χ4v) is 4.23. The van der Waals surface area contributed by atoms with Crippen molar-refractivity contribution in [2.75, 3.05) is 13.2 Å². The zero-order valence-electron chi connectivity index (χ0n) is 17.8. The first kappa shape index (κ1) is 22.2. The van der Waals surface area contributed by atoms with Gasteiger partial charge < -0.3 is 14.4 Å². The summed E-state index contributed by atoms with van der Waals surface area (Å²) >= 11 is 1.60. The monoisotopic (exact) mass is 451 g/mol. The normalized spacial score (nSPS) is 15.8. The Bertz CT molecular complexity index is 1030. The van der Waals surface area contributed by atoms with Crippen LogP contribution < -0.4 is 4.74 Å². The van der Waals surface area contributed by atoms with Crippen LogP contribution in [0.15, 0.2) is 72.1 Å². The van der Waals surface area contributed by atoms with Gasteiger partial charge in [-0.2, -0.15) is 0 Å². The van der Waals surface area contributed by atoms with E-state index in [4.69, 9.17) is 9.47 Å². The molecule has 166 valence electrons. The molecule has 4 rings (SSSR count). The lowest BCUT2D eigenvalue weighted by molar-refractivity contribution is -0.128. The van der Waals surface area contributed by atoms with Crippen molar-refractivity contribution < 1.29 is 18.7 Å². The molecule has 1 aliphatic rings. The summed E-state index contributed by atoms with van der Waals surface area (Å²) in [7, 11) is 0. The van der Waals surface area contributed by atoms with E-state index >= 15 is 0 Å². The van der Waals surface area contributed by atoms with Crippen molar-refractivity contribution in [3.63, 3.8) is 0 Å². The van der Waals surface area contributed by atoms with Crippen molar-refractivity contribution in [1.29, 1.82) is 0 Å². The van der Waals surface area contributed by atoms with E-state index < -0.39 is 0 Å². The minimum atomic E-state index is -0.273. The van der Waals surface area contributed by atoms with Crippen LogP contribution in [0, 0.1) is 5.82 Å². The van der Waals surface area contributed by atoms with E-state index in [1.807, 2.05) is 58.8 Å². The standard InChI is InChI=1S/C26H26FNO3S/c27-22-5-1-4-21(16-22)19-31-23-10-8-20(9-11-23)17-28(18-24-6-2-14-30-24)26(29)13-12-25-7-3-15-32-25/h1,3-5,7-13,15-16,24H,2,6,14,17-19H2/b13-12+/t24-/m0/s1. The molecule has 1 amide bonds. The van der Waals surface area contributed by atoms with Crippen LogP contribution in [-0.4, -0.2) is 30.1 Å². The molecule has 3 aromatic rings. The summed E-state index contributed by atoms with van der Waals surface area (Å²) in [6, 6.07) is 18.0. The lowest BCUT2D eigenvalue weighted by Crippen LogP contribution is -2.35. The second kappa shape index (κ2) is 11.1. The predicted octanol–water partition coefficient (Wildman–Crippen LogP) is 5.69. The van der Waals surface area contributed by atoms with Gasteiger partial charge in [-0.1, -0.05) is 30.3 Å². The summed E-state index contributed by atoms with van der Waals surface area (Å²) in [4.78, 5) is 15.8. The number of amides is 1. The Morgan fingerprint density at radius 1 is 1.16 bits per heavy atom. The smallest absolute Gasteiger partial charge is 0.246 e. The van der Waals surface area contributed by atoms with Crippen molar-refractivity contribution in [3.8, 4) is 5.75 Å². The number of carbonyl (C=O) groups excluding carboxylic acids is 1. The Kier molecular flexibility index (Phi) is 7.69. The summed E-state index contributed by atoms with van der Waals surface area (Å²) < 4.78 is 24.8. The van der Waals surface area contributed by atoms with Gasteiger partial charge in [0.25, 0.3) is 0 Å². The van der Waals surface area contributed by atoms with Crippen molar-refractivity contribution in [3.05, 3.63) is 93.9 Å². The molecule has 0 radical (unpaired) electrons. The zero-order chi connectivity index (χ0) is 22.2. The molecule has 0 spiro atoms. The number of benzene rings is 2. The Balaban J connectivity index is 1.38. The summed E-state index contributed by atoms with van der Waals surface area (Å²) in [6.07, 6.45) is 5.60. The minimum absolute atomic E-state index is 0.0275. The van der Waals surface area contributed by atoms with Crippen LogP contribution in [0.1, 0.15) is 28.8 Å². The van der Waals surface area contributed by atoms with Gasteiger partial charge in [-0.05, 0) is 65.8 Å². The van der Waals surface area contributed by atoms with Gasteiger partial charge in [0.15, 0.2) is 0 Å². The van der Waals surface area contributed by atoms with E-state index in [0.717, 1.165) is 35.5 Å². The largest absolute Gasteiger partial charge is 0.489 e. The molecule has 1 saturated heterocycles. The van der Waals surface area contributed by atoms with Gasteiger partial charge in [0.1, 0.15) is 18.2 Å². The fraction of sp³-hybridized carbons (Fsp3) is 0.269. The second-order valence-electron chi connectivity index (χ2n) is 7.77. The highest BCUT2D eigenvalue weighted by atomic mass is 32.1. The number of halogens is 1. The average molecular weight is 452 g/mol. The van der Waals surface area contributed by atoms with Gasteiger partial charge in [-0.25, -0.2) is 4.39 Å². The van der Waals surface area contributed by atoms with Gasteiger partial charge in [0.05, 0.1) is 6.10 Å². The van der Waals surface area contributed by atoms with E-state index in [0.29, 0.717) is 25.4 Å². The molecule has 0 saturated carbocycles. The molecule has 2 aromatic carbocycles. The number of ether oxygens (including phenoxy) is 2. The van der Waals surface area contributed by atoms with Gasteiger partial charge in [-0.3, -0.25) is 4.79 Å². The van der Waals surface area contributed by atoms with Gasteiger partial charge in [0, 0.05) is 30.6 Å². The third-order valence-electron chi connectivity index (χ3n) is 5.28. The van der Waals surface area contributed by atoms with E-state index in [1.54, 1.807) is 23.5 Å². The molecule has 1 atom stereocenters. The van der Waals surface area contributed by atoms with Crippen LogP contribution >= 0.6 is 11.3 Å².